The molecule has 0 aromatic carbocycles. The highest BCUT2D eigenvalue weighted by atomic mass is 127. The molecular formula is C16H31IO3Si. The Labute approximate surface area is 145 Å². The standard InChI is InChI=1S/C16H31IO3Si/c1-12(2)10-11-18-15-13(17)8-9-14(19-15)20-21(6,7)16(3,4)5/h10,13-15H,8-9,11H2,1-7H3. The summed E-state index contributed by atoms with van der Waals surface area (Å²) in [5.74, 6) is 0. The lowest BCUT2D eigenvalue weighted by Gasteiger charge is -2.42. The fraction of sp³-hybridized carbons (Fsp3) is 0.875. The summed E-state index contributed by atoms with van der Waals surface area (Å²) in [4.78, 5) is 0. The van der Waals surface area contributed by atoms with Gasteiger partial charge in [0.15, 0.2) is 20.9 Å². The normalized spacial score (nSPS) is 27.5. The lowest BCUT2D eigenvalue weighted by Crippen LogP contribution is -2.48. The smallest absolute Gasteiger partial charge is 0.195 e. The topological polar surface area (TPSA) is 27.7 Å². The van der Waals surface area contributed by atoms with Crippen LogP contribution >= 0.6 is 22.6 Å². The molecule has 3 nitrogen and oxygen atoms in total. The maximum absolute atomic E-state index is 6.37. The van der Waals surface area contributed by atoms with E-state index in [0.29, 0.717) is 10.5 Å². The molecule has 0 aliphatic carbocycles. The number of ether oxygens (including phenoxy) is 2. The van der Waals surface area contributed by atoms with Crippen molar-refractivity contribution in [2.45, 2.75) is 82.1 Å². The molecule has 0 bridgehead atoms. The molecule has 1 heterocycles. The van der Waals surface area contributed by atoms with Crippen LogP contribution in [0.25, 0.3) is 0 Å². The van der Waals surface area contributed by atoms with Crippen molar-refractivity contribution in [3.05, 3.63) is 11.6 Å². The predicted octanol–water partition coefficient (Wildman–Crippen LogP) is 5.26. The molecule has 124 valence electrons. The molecule has 1 aliphatic heterocycles. The highest BCUT2D eigenvalue weighted by Gasteiger charge is 2.41. The minimum atomic E-state index is -1.79. The minimum Gasteiger partial charge on any atom is -0.392 e. The van der Waals surface area contributed by atoms with Gasteiger partial charge < -0.3 is 13.9 Å². The zero-order chi connectivity index (χ0) is 16.3. The van der Waals surface area contributed by atoms with Gasteiger partial charge in [0.1, 0.15) is 0 Å². The first-order chi connectivity index (χ1) is 9.53. The Kier molecular flexibility index (Phi) is 7.38. The number of alkyl halides is 1. The van der Waals surface area contributed by atoms with Crippen LogP contribution in [0.5, 0.6) is 0 Å². The average Bonchev–Trinajstić information content (AvgIpc) is 2.31. The van der Waals surface area contributed by atoms with E-state index < -0.39 is 8.32 Å². The Bertz CT molecular complexity index is 359. The van der Waals surface area contributed by atoms with E-state index in [0.717, 1.165) is 12.8 Å². The van der Waals surface area contributed by atoms with Gasteiger partial charge in [0.2, 0.25) is 0 Å². The molecule has 3 unspecified atom stereocenters. The van der Waals surface area contributed by atoms with E-state index in [-0.39, 0.29) is 17.6 Å². The van der Waals surface area contributed by atoms with Gasteiger partial charge in [0, 0.05) is 0 Å². The molecule has 0 aromatic heterocycles. The third-order valence-electron chi connectivity index (χ3n) is 4.24. The predicted molar refractivity (Wildman–Crippen MR) is 99.4 cm³/mol. The fourth-order valence-corrected chi connectivity index (χ4v) is 3.70. The molecule has 1 rings (SSSR count). The van der Waals surface area contributed by atoms with Crippen molar-refractivity contribution in [3.8, 4) is 0 Å². The van der Waals surface area contributed by atoms with Crippen LogP contribution in [0.15, 0.2) is 11.6 Å². The van der Waals surface area contributed by atoms with E-state index in [1.807, 2.05) is 0 Å². The molecule has 1 aliphatic rings. The van der Waals surface area contributed by atoms with Crippen molar-refractivity contribution in [3.63, 3.8) is 0 Å². The Hall–Kier alpha value is 0.567. The van der Waals surface area contributed by atoms with E-state index in [9.17, 15) is 0 Å². The van der Waals surface area contributed by atoms with Crippen molar-refractivity contribution in [2.75, 3.05) is 6.61 Å². The van der Waals surface area contributed by atoms with Gasteiger partial charge in [0.25, 0.3) is 0 Å². The maximum Gasteiger partial charge on any atom is 0.195 e. The SMILES string of the molecule is CC(C)=CCOC1OC(O[Si](C)(C)C(C)(C)C)CCC1I. The van der Waals surface area contributed by atoms with E-state index in [1.54, 1.807) is 0 Å². The van der Waals surface area contributed by atoms with Crippen molar-refractivity contribution >= 4 is 30.9 Å². The van der Waals surface area contributed by atoms with E-state index in [2.05, 4.69) is 76.4 Å². The van der Waals surface area contributed by atoms with Crippen LogP contribution in [0.3, 0.4) is 0 Å². The second-order valence-corrected chi connectivity index (χ2v) is 13.9. The molecule has 0 amide bonds. The Morgan fingerprint density at radius 3 is 2.43 bits per heavy atom. The van der Waals surface area contributed by atoms with Gasteiger partial charge in [-0.05, 0) is 44.8 Å². The molecule has 5 heteroatoms. The van der Waals surface area contributed by atoms with Gasteiger partial charge in [0.05, 0.1) is 10.5 Å². The van der Waals surface area contributed by atoms with Gasteiger partial charge in [-0.2, -0.15) is 0 Å². The highest BCUT2D eigenvalue weighted by Crippen LogP contribution is 2.39. The number of rotatable bonds is 5. The van der Waals surface area contributed by atoms with Gasteiger partial charge in [-0.1, -0.05) is 55.0 Å². The average molecular weight is 426 g/mol. The molecular weight excluding hydrogens is 395 g/mol. The van der Waals surface area contributed by atoms with Gasteiger partial charge in [-0.15, -0.1) is 0 Å². The number of allylic oxidation sites excluding steroid dienone is 1. The van der Waals surface area contributed by atoms with E-state index >= 15 is 0 Å². The summed E-state index contributed by atoms with van der Waals surface area (Å²) in [6, 6.07) is 0. The molecule has 1 fully saturated rings. The Balaban J connectivity index is 2.57. The van der Waals surface area contributed by atoms with Crippen LogP contribution in [-0.4, -0.2) is 31.4 Å². The largest absolute Gasteiger partial charge is 0.392 e. The molecule has 0 spiro atoms. The number of hydrogen-bond acceptors (Lipinski definition) is 3. The fourth-order valence-electron chi connectivity index (χ4n) is 1.78. The summed E-state index contributed by atoms with van der Waals surface area (Å²) >= 11 is 2.42. The Morgan fingerprint density at radius 2 is 1.90 bits per heavy atom. The lowest BCUT2D eigenvalue weighted by atomic mass is 10.2. The van der Waals surface area contributed by atoms with Crippen LogP contribution in [0.2, 0.25) is 18.1 Å². The minimum absolute atomic E-state index is 0.117. The molecule has 0 radical (unpaired) electrons. The summed E-state index contributed by atoms with van der Waals surface area (Å²) in [5.41, 5.74) is 1.27. The van der Waals surface area contributed by atoms with Gasteiger partial charge in [-0.3, -0.25) is 0 Å². The molecule has 0 N–H and O–H groups in total. The summed E-state index contributed by atoms with van der Waals surface area (Å²) < 4.78 is 18.7. The molecule has 0 saturated carbocycles. The molecule has 0 aromatic rings. The van der Waals surface area contributed by atoms with Crippen molar-refractivity contribution in [1.82, 2.24) is 0 Å². The summed E-state index contributed by atoms with van der Waals surface area (Å²) in [5, 5.41) is 0.204. The lowest BCUT2D eigenvalue weighted by molar-refractivity contribution is -0.236. The summed E-state index contributed by atoms with van der Waals surface area (Å²) in [6.45, 7) is 16.1. The summed E-state index contributed by atoms with van der Waals surface area (Å²) in [7, 11) is -1.79. The van der Waals surface area contributed by atoms with Crippen molar-refractivity contribution in [1.29, 1.82) is 0 Å². The van der Waals surface area contributed by atoms with Crippen LogP contribution < -0.4 is 0 Å². The van der Waals surface area contributed by atoms with Crippen molar-refractivity contribution < 1.29 is 13.9 Å². The van der Waals surface area contributed by atoms with Crippen LogP contribution in [0.1, 0.15) is 47.5 Å². The zero-order valence-corrected chi connectivity index (χ0v) is 17.7. The van der Waals surface area contributed by atoms with Crippen molar-refractivity contribution in [2.24, 2.45) is 0 Å². The van der Waals surface area contributed by atoms with E-state index in [4.69, 9.17) is 13.9 Å². The third kappa shape index (κ3) is 6.29. The van der Waals surface area contributed by atoms with Gasteiger partial charge >= 0.3 is 0 Å². The van der Waals surface area contributed by atoms with Crippen LogP contribution in [0.4, 0.5) is 0 Å². The highest BCUT2D eigenvalue weighted by molar-refractivity contribution is 14.1. The second kappa shape index (κ2) is 7.90. The molecule has 21 heavy (non-hydrogen) atoms. The third-order valence-corrected chi connectivity index (χ3v) is 9.92. The molecule has 3 atom stereocenters. The first kappa shape index (κ1) is 19.6. The number of halogens is 1. The van der Waals surface area contributed by atoms with Crippen LogP contribution in [0, 0.1) is 0 Å². The van der Waals surface area contributed by atoms with E-state index in [1.165, 1.54) is 5.57 Å². The first-order valence-electron chi connectivity index (χ1n) is 7.75. The monoisotopic (exact) mass is 426 g/mol. The quantitative estimate of drug-likeness (QED) is 0.260. The zero-order valence-electron chi connectivity index (χ0n) is 14.5. The van der Waals surface area contributed by atoms with Crippen LogP contribution in [-0.2, 0) is 13.9 Å². The maximum atomic E-state index is 6.37. The first-order valence-corrected chi connectivity index (χ1v) is 11.9. The van der Waals surface area contributed by atoms with Gasteiger partial charge in [-0.25, -0.2) is 0 Å². The second-order valence-electron chi connectivity index (χ2n) is 7.52. The summed E-state index contributed by atoms with van der Waals surface area (Å²) in [6.07, 6.45) is 3.85. The molecule has 1 saturated heterocycles. The Morgan fingerprint density at radius 1 is 1.29 bits per heavy atom. The number of hydrogen-bond donors (Lipinski definition) is 0.